The Morgan fingerprint density at radius 3 is 2.33 bits per heavy atom. The second-order valence-corrected chi connectivity index (χ2v) is 7.24. The molecule has 0 amide bonds. The van der Waals surface area contributed by atoms with Gasteiger partial charge in [-0.15, -0.1) is 0 Å². The summed E-state index contributed by atoms with van der Waals surface area (Å²) in [6.45, 7) is 1.03. The Morgan fingerprint density at radius 2 is 1.63 bits per heavy atom. The molecule has 156 valence electrons. The first-order chi connectivity index (χ1) is 14.4. The highest BCUT2D eigenvalue weighted by Gasteiger charge is 2.35. The molecular weight excluding hydrogens is 417 g/mol. The first-order valence-electron chi connectivity index (χ1n) is 9.33. The third-order valence-electron chi connectivity index (χ3n) is 4.63. The van der Waals surface area contributed by atoms with Crippen molar-refractivity contribution >= 4 is 11.6 Å². The predicted octanol–water partition coefficient (Wildman–Crippen LogP) is 6.38. The van der Waals surface area contributed by atoms with Crippen molar-refractivity contribution in [3.05, 3.63) is 82.9 Å². The van der Waals surface area contributed by atoms with Crippen LogP contribution in [0, 0.1) is 0 Å². The van der Waals surface area contributed by atoms with Gasteiger partial charge in [-0.25, -0.2) is 0 Å². The van der Waals surface area contributed by atoms with Crippen molar-refractivity contribution in [1.82, 2.24) is 0 Å². The summed E-state index contributed by atoms with van der Waals surface area (Å²) in [7, 11) is 0. The molecule has 0 spiro atoms. The van der Waals surface area contributed by atoms with Crippen molar-refractivity contribution in [2.45, 2.75) is 18.9 Å². The average molecular weight is 435 g/mol. The monoisotopic (exact) mass is 434 g/mol. The number of alkyl halides is 3. The lowest BCUT2D eigenvalue weighted by Gasteiger charge is -2.20. The summed E-state index contributed by atoms with van der Waals surface area (Å²) < 4.78 is 58.0. The summed E-state index contributed by atoms with van der Waals surface area (Å²) in [5, 5.41) is 0.143. The second-order valence-electron chi connectivity index (χ2n) is 6.83. The fourth-order valence-electron chi connectivity index (χ4n) is 3.07. The molecule has 4 rings (SSSR count). The molecule has 7 heteroatoms. The van der Waals surface area contributed by atoms with Crippen LogP contribution in [0.4, 0.5) is 13.2 Å². The zero-order chi connectivity index (χ0) is 21.1. The van der Waals surface area contributed by atoms with E-state index < -0.39 is 11.7 Å². The Balaban J connectivity index is 1.79. The summed E-state index contributed by atoms with van der Waals surface area (Å²) in [5.74, 6) is 0.488. The van der Waals surface area contributed by atoms with Gasteiger partial charge in [-0.05, 0) is 29.3 Å². The van der Waals surface area contributed by atoms with E-state index in [9.17, 15) is 13.2 Å². The minimum absolute atomic E-state index is 0.0198. The maximum absolute atomic E-state index is 13.7. The van der Waals surface area contributed by atoms with Crippen molar-refractivity contribution in [1.29, 1.82) is 0 Å². The number of ether oxygens (including phenoxy) is 3. The molecule has 0 unspecified atom stereocenters. The van der Waals surface area contributed by atoms with Crippen LogP contribution in [0.25, 0.3) is 11.1 Å². The van der Waals surface area contributed by atoms with Gasteiger partial charge in [-0.1, -0.05) is 60.1 Å². The Morgan fingerprint density at radius 1 is 0.933 bits per heavy atom. The fraction of sp³-hybridized carbons (Fsp3) is 0.217. The number of halogens is 4. The van der Waals surface area contributed by atoms with E-state index in [0.717, 1.165) is 11.6 Å². The molecule has 3 aromatic carbocycles. The molecule has 1 fully saturated rings. The van der Waals surface area contributed by atoms with Crippen LogP contribution in [-0.4, -0.2) is 19.3 Å². The minimum atomic E-state index is -4.55. The Labute approximate surface area is 177 Å². The van der Waals surface area contributed by atoms with Crippen molar-refractivity contribution in [3.8, 4) is 22.6 Å². The molecule has 1 aliphatic rings. The van der Waals surface area contributed by atoms with Crippen molar-refractivity contribution in [2.75, 3.05) is 13.2 Å². The van der Waals surface area contributed by atoms with Gasteiger partial charge in [-0.3, -0.25) is 0 Å². The van der Waals surface area contributed by atoms with Crippen molar-refractivity contribution in [2.24, 2.45) is 0 Å². The van der Waals surface area contributed by atoms with Crippen LogP contribution >= 0.6 is 11.6 Å². The molecule has 1 saturated heterocycles. The first kappa shape index (κ1) is 20.6. The van der Waals surface area contributed by atoms with E-state index in [-0.39, 0.29) is 41.2 Å². The van der Waals surface area contributed by atoms with Gasteiger partial charge in [0.2, 0.25) is 0 Å². The lowest BCUT2D eigenvalue weighted by atomic mass is 9.98. The van der Waals surface area contributed by atoms with Crippen LogP contribution in [0.1, 0.15) is 11.1 Å². The van der Waals surface area contributed by atoms with E-state index in [1.165, 1.54) is 24.3 Å². The van der Waals surface area contributed by atoms with Crippen LogP contribution in [0.5, 0.6) is 11.5 Å². The molecule has 0 bridgehead atoms. The van der Waals surface area contributed by atoms with Gasteiger partial charge in [0.05, 0.1) is 17.2 Å². The van der Waals surface area contributed by atoms with Gasteiger partial charge in [0.25, 0.3) is 0 Å². The van der Waals surface area contributed by atoms with E-state index in [1.54, 1.807) is 6.07 Å². The Kier molecular flexibility index (Phi) is 5.88. The molecule has 0 saturated carbocycles. The lowest BCUT2D eigenvalue weighted by molar-refractivity contribution is -0.137. The molecular formula is C23H18ClF3O3. The molecule has 0 N–H and O–H groups in total. The average Bonchev–Trinajstić information content (AvgIpc) is 3.56. The van der Waals surface area contributed by atoms with Gasteiger partial charge >= 0.3 is 6.18 Å². The summed E-state index contributed by atoms with van der Waals surface area (Å²) in [6.07, 6.45) is -4.57. The van der Waals surface area contributed by atoms with E-state index in [0.29, 0.717) is 12.4 Å². The van der Waals surface area contributed by atoms with E-state index in [4.69, 9.17) is 25.8 Å². The van der Waals surface area contributed by atoms with E-state index in [1.807, 2.05) is 30.3 Å². The Bertz CT molecular complexity index is 1020. The largest absolute Gasteiger partial charge is 0.487 e. The SMILES string of the molecule is FC(F)(F)c1ccccc1-c1c(Cl)ccc(OC[C@H]2CO2)c1OCc1ccccc1. The number of epoxide rings is 1. The summed E-state index contributed by atoms with van der Waals surface area (Å²) in [4.78, 5) is 0. The topological polar surface area (TPSA) is 31.0 Å². The predicted molar refractivity (Wildman–Crippen MR) is 108 cm³/mol. The van der Waals surface area contributed by atoms with E-state index >= 15 is 0 Å². The van der Waals surface area contributed by atoms with Crippen LogP contribution in [0.15, 0.2) is 66.7 Å². The van der Waals surface area contributed by atoms with Crippen LogP contribution in [-0.2, 0) is 17.5 Å². The quantitative estimate of drug-likeness (QED) is 0.404. The number of hydrogen-bond acceptors (Lipinski definition) is 3. The van der Waals surface area contributed by atoms with Crippen LogP contribution < -0.4 is 9.47 Å². The highest BCUT2D eigenvalue weighted by atomic mass is 35.5. The van der Waals surface area contributed by atoms with Gasteiger partial charge in [0.15, 0.2) is 11.5 Å². The molecule has 1 atom stereocenters. The molecule has 1 heterocycles. The molecule has 0 aliphatic carbocycles. The Hall–Kier alpha value is -2.70. The van der Waals surface area contributed by atoms with Crippen LogP contribution in [0.2, 0.25) is 5.02 Å². The van der Waals surface area contributed by atoms with Crippen LogP contribution in [0.3, 0.4) is 0 Å². The first-order valence-corrected chi connectivity index (χ1v) is 9.71. The summed E-state index contributed by atoms with van der Waals surface area (Å²) in [6, 6.07) is 17.7. The van der Waals surface area contributed by atoms with Gasteiger partial charge in [0.1, 0.15) is 19.3 Å². The number of hydrogen-bond donors (Lipinski definition) is 0. The fourth-order valence-corrected chi connectivity index (χ4v) is 3.32. The molecule has 0 radical (unpaired) electrons. The second kappa shape index (κ2) is 8.58. The maximum atomic E-state index is 13.7. The van der Waals surface area contributed by atoms with Crippen molar-refractivity contribution in [3.63, 3.8) is 0 Å². The molecule has 30 heavy (non-hydrogen) atoms. The van der Waals surface area contributed by atoms with Gasteiger partial charge in [-0.2, -0.15) is 13.2 Å². The minimum Gasteiger partial charge on any atom is -0.487 e. The number of rotatable bonds is 7. The normalized spacial score (nSPS) is 15.7. The number of benzene rings is 3. The third kappa shape index (κ3) is 4.71. The van der Waals surface area contributed by atoms with Gasteiger partial charge < -0.3 is 14.2 Å². The smallest absolute Gasteiger partial charge is 0.417 e. The van der Waals surface area contributed by atoms with Gasteiger partial charge in [0, 0.05) is 5.56 Å². The highest BCUT2D eigenvalue weighted by molar-refractivity contribution is 6.34. The standard InChI is InChI=1S/C23H18ClF3O3/c24-19-10-11-20(29-14-16-13-28-16)22(30-12-15-6-2-1-3-7-15)21(19)17-8-4-5-9-18(17)23(25,26)27/h1-11,16H,12-14H2/t16-/m1/s1. The maximum Gasteiger partial charge on any atom is 0.417 e. The molecule has 0 aromatic heterocycles. The third-order valence-corrected chi connectivity index (χ3v) is 4.94. The summed E-state index contributed by atoms with van der Waals surface area (Å²) in [5.41, 5.74) is 0.157. The lowest BCUT2D eigenvalue weighted by Crippen LogP contribution is -2.09. The van der Waals surface area contributed by atoms with E-state index in [2.05, 4.69) is 0 Å². The molecule has 3 aromatic rings. The molecule has 1 aliphatic heterocycles. The summed E-state index contributed by atoms with van der Waals surface area (Å²) >= 11 is 6.39. The zero-order valence-corrected chi connectivity index (χ0v) is 16.5. The molecule has 3 nitrogen and oxygen atoms in total. The zero-order valence-electron chi connectivity index (χ0n) is 15.8. The highest BCUT2D eigenvalue weighted by Crippen LogP contribution is 2.47. The van der Waals surface area contributed by atoms with Crippen molar-refractivity contribution < 1.29 is 27.4 Å².